The van der Waals surface area contributed by atoms with Gasteiger partial charge in [0.2, 0.25) is 0 Å². The lowest BCUT2D eigenvalue weighted by molar-refractivity contribution is 0.455. The molecule has 0 aromatic carbocycles. The second-order valence-electron chi connectivity index (χ2n) is 2.17. The third kappa shape index (κ3) is 0.603. The minimum atomic E-state index is 0.780. The molecular formula is C7H6N2O. The molecule has 0 spiro atoms. The first-order valence-corrected chi connectivity index (χ1v) is 3.04. The maximum absolute atomic E-state index is 4.94. The summed E-state index contributed by atoms with van der Waals surface area (Å²) in [7, 11) is 0. The molecule has 2 rings (SSSR count). The van der Waals surface area contributed by atoms with Crippen molar-refractivity contribution in [3.8, 4) is 0 Å². The number of aromatic nitrogens is 2. The Bertz CT molecular complexity index is 353. The summed E-state index contributed by atoms with van der Waals surface area (Å²) in [4.78, 5) is 4.05. The Hall–Kier alpha value is -1.38. The molecule has 50 valence electrons. The highest BCUT2D eigenvalue weighted by atomic mass is 16.5. The SMILES string of the molecule is Cc1ccnc2cnoc12. The van der Waals surface area contributed by atoms with Crippen molar-refractivity contribution < 1.29 is 4.52 Å². The molecule has 2 heterocycles. The van der Waals surface area contributed by atoms with E-state index in [2.05, 4.69) is 10.1 Å². The van der Waals surface area contributed by atoms with Gasteiger partial charge in [-0.3, -0.25) is 4.98 Å². The van der Waals surface area contributed by atoms with Crippen molar-refractivity contribution in [3.63, 3.8) is 0 Å². The zero-order valence-electron chi connectivity index (χ0n) is 5.53. The molecule has 0 saturated carbocycles. The van der Waals surface area contributed by atoms with Crippen LogP contribution in [-0.4, -0.2) is 10.1 Å². The van der Waals surface area contributed by atoms with Crippen molar-refractivity contribution >= 4 is 11.1 Å². The summed E-state index contributed by atoms with van der Waals surface area (Å²) in [5.41, 5.74) is 2.67. The smallest absolute Gasteiger partial charge is 0.188 e. The van der Waals surface area contributed by atoms with Crippen LogP contribution in [0.3, 0.4) is 0 Å². The van der Waals surface area contributed by atoms with Crippen LogP contribution >= 0.6 is 0 Å². The Morgan fingerprint density at radius 3 is 3.20 bits per heavy atom. The third-order valence-corrected chi connectivity index (χ3v) is 1.45. The molecule has 0 aliphatic rings. The Kier molecular flexibility index (Phi) is 0.974. The molecule has 0 atom stereocenters. The zero-order valence-corrected chi connectivity index (χ0v) is 5.53. The lowest BCUT2D eigenvalue weighted by atomic mass is 10.3. The van der Waals surface area contributed by atoms with Crippen molar-refractivity contribution in [2.24, 2.45) is 0 Å². The summed E-state index contributed by atoms with van der Waals surface area (Å²) in [6.07, 6.45) is 3.36. The molecule has 0 amide bonds. The van der Waals surface area contributed by atoms with Crippen LogP contribution in [-0.2, 0) is 0 Å². The Labute approximate surface area is 57.7 Å². The standard InChI is InChI=1S/C7H6N2O/c1-5-2-3-8-6-4-9-10-7(5)6/h2-4H,1H3. The maximum atomic E-state index is 4.94. The van der Waals surface area contributed by atoms with Crippen molar-refractivity contribution in [2.75, 3.05) is 0 Å². The van der Waals surface area contributed by atoms with Crippen molar-refractivity contribution in [2.45, 2.75) is 6.92 Å². The number of fused-ring (bicyclic) bond motifs is 1. The topological polar surface area (TPSA) is 38.9 Å². The molecule has 10 heavy (non-hydrogen) atoms. The summed E-state index contributed by atoms with van der Waals surface area (Å²) in [5, 5.41) is 3.62. The van der Waals surface area contributed by atoms with Gasteiger partial charge in [0, 0.05) is 6.20 Å². The second-order valence-corrected chi connectivity index (χ2v) is 2.17. The number of nitrogens with zero attached hydrogens (tertiary/aromatic N) is 2. The van der Waals surface area contributed by atoms with Crippen LogP contribution in [0.15, 0.2) is 23.0 Å². The summed E-state index contributed by atoms with van der Waals surface area (Å²) in [5.74, 6) is 0. The minimum Gasteiger partial charge on any atom is -0.354 e. The molecule has 2 aromatic heterocycles. The van der Waals surface area contributed by atoms with Gasteiger partial charge < -0.3 is 4.52 Å². The average molecular weight is 134 g/mol. The maximum Gasteiger partial charge on any atom is 0.188 e. The van der Waals surface area contributed by atoms with Gasteiger partial charge in [-0.05, 0) is 18.6 Å². The van der Waals surface area contributed by atoms with E-state index in [1.54, 1.807) is 12.4 Å². The summed E-state index contributed by atoms with van der Waals surface area (Å²) < 4.78 is 4.94. The fraction of sp³-hybridized carbons (Fsp3) is 0.143. The first-order chi connectivity index (χ1) is 4.88. The Morgan fingerprint density at radius 2 is 2.40 bits per heavy atom. The molecule has 0 unspecified atom stereocenters. The van der Waals surface area contributed by atoms with Gasteiger partial charge in [0.15, 0.2) is 5.58 Å². The lowest BCUT2D eigenvalue weighted by Crippen LogP contribution is -1.74. The second kappa shape index (κ2) is 1.80. The predicted octanol–water partition coefficient (Wildman–Crippen LogP) is 1.53. The predicted molar refractivity (Wildman–Crippen MR) is 36.5 cm³/mol. The van der Waals surface area contributed by atoms with Crippen LogP contribution < -0.4 is 0 Å². The Balaban J connectivity index is 2.95. The lowest BCUT2D eigenvalue weighted by Gasteiger charge is -1.87. The molecule has 0 radical (unpaired) electrons. The molecule has 0 bridgehead atoms. The zero-order chi connectivity index (χ0) is 6.97. The van der Waals surface area contributed by atoms with Gasteiger partial charge in [0.25, 0.3) is 0 Å². The van der Waals surface area contributed by atoms with E-state index >= 15 is 0 Å². The summed E-state index contributed by atoms with van der Waals surface area (Å²) in [6, 6.07) is 1.90. The van der Waals surface area contributed by atoms with Crippen LogP contribution in [0.25, 0.3) is 11.1 Å². The molecule has 2 aromatic rings. The molecule has 3 heteroatoms. The van der Waals surface area contributed by atoms with Gasteiger partial charge in [-0.1, -0.05) is 5.16 Å². The molecular weight excluding hydrogens is 128 g/mol. The summed E-state index contributed by atoms with van der Waals surface area (Å²) >= 11 is 0. The van der Waals surface area contributed by atoms with E-state index in [0.717, 1.165) is 16.7 Å². The van der Waals surface area contributed by atoms with E-state index in [1.165, 1.54) is 0 Å². The molecule has 0 aliphatic heterocycles. The van der Waals surface area contributed by atoms with Gasteiger partial charge in [0.1, 0.15) is 5.52 Å². The van der Waals surface area contributed by atoms with Gasteiger partial charge >= 0.3 is 0 Å². The fourth-order valence-electron chi connectivity index (χ4n) is 0.905. The third-order valence-electron chi connectivity index (χ3n) is 1.45. The molecule has 0 N–H and O–H groups in total. The largest absolute Gasteiger partial charge is 0.354 e. The van der Waals surface area contributed by atoms with E-state index in [1.807, 2.05) is 13.0 Å². The van der Waals surface area contributed by atoms with Crippen molar-refractivity contribution in [3.05, 3.63) is 24.0 Å². The number of hydrogen-bond acceptors (Lipinski definition) is 3. The van der Waals surface area contributed by atoms with Crippen LogP contribution in [0, 0.1) is 6.92 Å². The number of hydrogen-bond donors (Lipinski definition) is 0. The fourth-order valence-corrected chi connectivity index (χ4v) is 0.905. The highest BCUT2D eigenvalue weighted by Crippen LogP contribution is 2.13. The van der Waals surface area contributed by atoms with Gasteiger partial charge in [-0.2, -0.15) is 0 Å². The first kappa shape index (κ1) is 5.41. The average Bonchev–Trinajstić information content (AvgIpc) is 2.36. The van der Waals surface area contributed by atoms with E-state index in [0.29, 0.717) is 0 Å². The number of aryl methyl sites for hydroxylation is 1. The summed E-state index contributed by atoms with van der Waals surface area (Å²) in [6.45, 7) is 1.97. The number of pyridine rings is 1. The van der Waals surface area contributed by atoms with Gasteiger partial charge in [0.05, 0.1) is 6.20 Å². The molecule has 3 nitrogen and oxygen atoms in total. The molecule has 0 saturated heterocycles. The van der Waals surface area contributed by atoms with E-state index in [-0.39, 0.29) is 0 Å². The highest BCUT2D eigenvalue weighted by molar-refractivity contribution is 5.73. The van der Waals surface area contributed by atoms with E-state index in [4.69, 9.17) is 4.52 Å². The molecule has 0 aliphatic carbocycles. The molecule has 0 fully saturated rings. The van der Waals surface area contributed by atoms with E-state index in [9.17, 15) is 0 Å². The van der Waals surface area contributed by atoms with Gasteiger partial charge in [-0.25, -0.2) is 0 Å². The van der Waals surface area contributed by atoms with Crippen LogP contribution in [0.5, 0.6) is 0 Å². The Morgan fingerprint density at radius 1 is 1.50 bits per heavy atom. The van der Waals surface area contributed by atoms with Crippen molar-refractivity contribution in [1.82, 2.24) is 10.1 Å². The van der Waals surface area contributed by atoms with Crippen LogP contribution in [0.2, 0.25) is 0 Å². The minimum absolute atomic E-state index is 0.780. The monoisotopic (exact) mass is 134 g/mol. The van der Waals surface area contributed by atoms with Crippen molar-refractivity contribution in [1.29, 1.82) is 0 Å². The normalized spacial score (nSPS) is 10.5. The van der Waals surface area contributed by atoms with Crippen LogP contribution in [0.4, 0.5) is 0 Å². The number of rotatable bonds is 0. The quantitative estimate of drug-likeness (QED) is 0.548. The van der Waals surface area contributed by atoms with E-state index < -0.39 is 0 Å². The highest BCUT2D eigenvalue weighted by Gasteiger charge is 1.99. The van der Waals surface area contributed by atoms with Gasteiger partial charge in [-0.15, -0.1) is 0 Å². The first-order valence-electron chi connectivity index (χ1n) is 3.04. The van der Waals surface area contributed by atoms with Crippen LogP contribution in [0.1, 0.15) is 5.56 Å².